The Bertz CT molecular complexity index is 1970. The highest BCUT2D eigenvalue weighted by molar-refractivity contribution is 6.00. The van der Waals surface area contributed by atoms with Crippen LogP contribution >= 0.6 is 0 Å². The molecule has 4 N–H and O–H groups in total. The molecule has 2 aromatic heterocycles. The normalized spacial score (nSPS) is 18.1. The fourth-order valence-corrected chi connectivity index (χ4v) is 5.59. The van der Waals surface area contributed by atoms with Crippen molar-refractivity contribution < 1.29 is 46.5 Å². The topological polar surface area (TPSA) is 152 Å². The second-order valence-electron chi connectivity index (χ2n) is 12.4. The third kappa shape index (κ3) is 6.64. The Morgan fingerprint density at radius 2 is 1.82 bits per heavy atom. The maximum Gasteiger partial charge on any atom is 0.424 e. The number of fused-ring (bicyclic) bond motifs is 2. The zero-order valence-corrected chi connectivity index (χ0v) is 27.0. The number of nitrogens with one attached hydrogen (secondary N) is 3. The summed E-state index contributed by atoms with van der Waals surface area (Å²) < 4.78 is 70.5. The number of carbonyl (C=O) groups excluding carboxylic acids is 3. The third-order valence-corrected chi connectivity index (χ3v) is 8.76. The highest BCUT2D eigenvalue weighted by Gasteiger charge is 2.58. The highest BCUT2D eigenvalue weighted by Crippen LogP contribution is 2.48. The van der Waals surface area contributed by atoms with Gasteiger partial charge in [0.25, 0.3) is 5.91 Å². The summed E-state index contributed by atoms with van der Waals surface area (Å²) in [5, 5.41) is 19.2. The van der Waals surface area contributed by atoms with Crippen LogP contribution in [0.1, 0.15) is 47.8 Å². The Morgan fingerprint density at radius 1 is 1.08 bits per heavy atom. The van der Waals surface area contributed by atoms with E-state index in [-0.39, 0.29) is 59.7 Å². The molecule has 262 valence electrons. The molecule has 3 amide bonds. The highest BCUT2D eigenvalue weighted by atomic mass is 19.4. The van der Waals surface area contributed by atoms with Crippen molar-refractivity contribution in [3.05, 3.63) is 83.4 Å². The molecule has 0 saturated heterocycles. The molecule has 4 aromatic rings. The van der Waals surface area contributed by atoms with E-state index in [0.29, 0.717) is 16.7 Å². The summed E-state index contributed by atoms with van der Waals surface area (Å²) >= 11 is 0. The smallest absolute Gasteiger partial charge is 0.424 e. The first-order valence-corrected chi connectivity index (χ1v) is 15.8. The van der Waals surface area contributed by atoms with Gasteiger partial charge >= 0.3 is 6.18 Å². The van der Waals surface area contributed by atoms with Gasteiger partial charge in [0.1, 0.15) is 40.5 Å². The second-order valence-corrected chi connectivity index (χ2v) is 12.4. The first kappa shape index (κ1) is 34.5. The fraction of sp³-hybridized carbons (Fsp3) is 0.343. The molecule has 2 aliphatic rings. The van der Waals surface area contributed by atoms with Gasteiger partial charge in [0.15, 0.2) is 0 Å². The summed E-state index contributed by atoms with van der Waals surface area (Å²) in [5.41, 5.74) is -5.88. The van der Waals surface area contributed by atoms with E-state index < -0.39 is 47.1 Å². The molecule has 2 atom stereocenters. The molecule has 0 bridgehead atoms. The minimum atomic E-state index is -5.39. The van der Waals surface area contributed by atoms with Crippen molar-refractivity contribution in [2.24, 2.45) is 0 Å². The summed E-state index contributed by atoms with van der Waals surface area (Å²) in [6.07, 6.45) is -2.30. The monoisotopic (exact) mass is 695 g/mol. The van der Waals surface area contributed by atoms with Crippen molar-refractivity contribution in [3.8, 4) is 22.8 Å². The van der Waals surface area contributed by atoms with Crippen molar-refractivity contribution in [3.63, 3.8) is 0 Å². The lowest BCUT2D eigenvalue weighted by Gasteiger charge is -2.31. The largest absolute Gasteiger partial charge is 0.489 e. The van der Waals surface area contributed by atoms with Crippen LogP contribution in [0.4, 0.5) is 17.6 Å². The van der Waals surface area contributed by atoms with Gasteiger partial charge in [-0.25, -0.2) is 9.37 Å². The summed E-state index contributed by atoms with van der Waals surface area (Å²) in [5.74, 6) is -2.27. The van der Waals surface area contributed by atoms with Crippen LogP contribution in [0, 0.1) is 5.82 Å². The number of hydrogen-bond acceptors (Lipinski definition) is 8. The minimum Gasteiger partial charge on any atom is -0.489 e. The van der Waals surface area contributed by atoms with Crippen molar-refractivity contribution in [1.29, 1.82) is 0 Å². The number of carbonyl (C=O) groups is 3. The number of ether oxygens (including phenoxy) is 2. The number of nitrogens with zero attached hydrogens (tertiary/aromatic N) is 2. The van der Waals surface area contributed by atoms with E-state index in [2.05, 4.69) is 25.9 Å². The zero-order valence-electron chi connectivity index (χ0n) is 27.0. The van der Waals surface area contributed by atoms with E-state index in [4.69, 9.17) is 9.47 Å². The number of aliphatic hydroxyl groups is 1. The van der Waals surface area contributed by atoms with E-state index in [9.17, 15) is 37.1 Å². The summed E-state index contributed by atoms with van der Waals surface area (Å²) in [6, 6.07) is 11.8. The Balaban J connectivity index is 1.38. The van der Waals surface area contributed by atoms with E-state index in [1.807, 2.05) is 0 Å². The number of alkyl halides is 3. The number of benzene rings is 2. The summed E-state index contributed by atoms with van der Waals surface area (Å²) in [6.45, 7) is -0.292. The number of aromatic nitrogens is 2. The van der Waals surface area contributed by atoms with Gasteiger partial charge < -0.3 is 30.5 Å². The van der Waals surface area contributed by atoms with Crippen molar-refractivity contribution in [1.82, 2.24) is 25.9 Å². The SMILES string of the molecule is CNC(=O)CCNC(=O)[C@@]1(C)COc2c1cc([C@@](O)(CNC(=O)c1cc(OC3CC3)c3ncccc3c1)C(F)(F)F)nc2-c1ccc(F)cc1. The van der Waals surface area contributed by atoms with Gasteiger partial charge in [-0.05, 0) is 68.3 Å². The minimum absolute atomic E-state index is 0.0195. The standard InChI is InChI=1S/C35H33F4N5O6/c1-33(32(47)42-13-11-27(45)40-2)18-49-30-24(33)16-26(44-29(30)19-5-7-22(36)8-6-19)34(48,35(37,38)39)17-43-31(46)21-14-20-4-3-12-41-28(20)25(15-21)50-23-9-10-23/h3-8,12,14-16,23,48H,9-11,13,17-18H2,1-2H3,(H,40,45)(H,42,47)(H,43,46)/t33-,34-/m0/s1. The molecule has 3 heterocycles. The molecule has 1 fully saturated rings. The molecule has 1 aliphatic heterocycles. The van der Waals surface area contributed by atoms with E-state index in [1.165, 1.54) is 38.2 Å². The predicted octanol–water partition coefficient (Wildman–Crippen LogP) is 4.06. The average molecular weight is 696 g/mol. The summed E-state index contributed by atoms with van der Waals surface area (Å²) in [7, 11) is 1.43. The molecule has 15 heteroatoms. The fourth-order valence-electron chi connectivity index (χ4n) is 5.59. The zero-order chi connectivity index (χ0) is 35.8. The molecule has 1 aliphatic carbocycles. The van der Waals surface area contributed by atoms with Crippen LogP contribution in [0.2, 0.25) is 0 Å². The quantitative estimate of drug-likeness (QED) is 0.172. The predicted molar refractivity (Wildman–Crippen MR) is 172 cm³/mol. The first-order valence-electron chi connectivity index (χ1n) is 15.8. The molecule has 0 spiro atoms. The van der Waals surface area contributed by atoms with E-state index >= 15 is 0 Å². The lowest BCUT2D eigenvalue weighted by atomic mass is 9.81. The van der Waals surface area contributed by atoms with Crippen LogP contribution in [-0.2, 0) is 20.6 Å². The van der Waals surface area contributed by atoms with Gasteiger partial charge in [0.2, 0.25) is 17.4 Å². The average Bonchev–Trinajstić information content (AvgIpc) is 3.85. The van der Waals surface area contributed by atoms with Crippen molar-refractivity contribution >= 4 is 28.6 Å². The second kappa shape index (κ2) is 13.2. The van der Waals surface area contributed by atoms with Crippen LogP contribution in [0.25, 0.3) is 22.2 Å². The Kier molecular flexibility index (Phi) is 9.12. The van der Waals surface area contributed by atoms with Gasteiger partial charge in [0, 0.05) is 48.3 Å². The summed E-state index contributed by atoms with van der Waals surface area (Å²) in [4.78, 5) is 47.0. The van der Waals surface area contributed by atoms with Crippen LogP contribution in [-0.4, -0.2) is 71.8 Å². The van der Waals surface area contributed by atoms with Crippen molar-refractivity contribution in [2.75, 3.05) is 26.7 Å². The Morgan fingerprint density at radius 3 is 2.50 bits per heavy atom. The van der Waals surface area contributed by atoms with Crippen LogP contribution < -0.4 is 25.4 Å². The van der Waals surface area contributed by atoms with Gasteiger partial charge in [-0.15, -0.1) is 0 Å². The van der Waals surface area contributed by atoms with E-state index in [0.717, 1.165) is 31.0 Å². The number of halogens is 4. The molecule has 50 heavy (non-hydrogen) atoms. The Labute approximate surface area is 283 Å². The molecule has 1 saturated carbocycles. The number of amides is 3. The molecule has 6 rings (SSSR count). The molecular formula is C35H33F4N5O6. The van der Waals surface area contributed by atoms with Crippen molar-refractivity contribution in [2.45, 2.75) is 49.5 Å². The van der Waals surface area contributed by atoms with Crippen LogP contribution in [0.5, 0.6) is 11.5 Å². The molecule has 2 aromatic carbocycles. The number of pyridine rings is 2. The lowest BCUT2D eigenvalue weighted by molar-refractivity contribution is -0.265. The third-order valence-electron chi connectivity index (χ3n) is 8.76. The molecule has 0 radical (unpaired) electrons. The number of rotatable bonds is 11. The van der Waals surface area contributed by atoms with Crippen LogP contribution in [0.15, 0.2) is 60.8 Å². The molecule has 0 unspecified atom stereocenters. The van der Waals surface area contributed by atoms with Crippen LogP contribution in [0.3, 0.4) is 0 Å². The lowest BCUT2D eigenvalue weighted by Crippen LogP contribution is -2.52. The molecule has 11 nitrogen and oxygen atoms in total. The number of hydrogen-bond donors (Lipinski definition) is 4. The van der Waals surface area contributed by atoms with Gasteiger partial charge in [-0.3, -0.25) is 19.4 Å². The first-order chi connectivity index (χ1) is 23.7. The van der Waals surface area contributed by atoms with Gasteiger partial charge in [0.05, 0.1) is 18.3 Å². The van der Waals surface area contributed by atoms with Gasteiger partial charge in [-0.1, -0.05) is 6.07 Å². The maximum absolute atomic E-state index is 15.0. The van der Waals surface area contributed by atoms with E-state index in [1.54, 1.807) is 18.3 Å². The molecular weight excluding hydrogens is 662 g/mol. The maximum atomic E-state index is 15.0. The van der Waals surface area contributed by atoms with Gasteiger partial charge in [-0.2, -0.15) is 13.2 Å². The Hall–Kier alpha value is -5.31.